The van der Waals surface area contributed by atoms with Crippen LogP contribution >= 0.6 is 0 Å². The Morgan fingerprint density at radius 1 is 1.16 bits per heavy atom. The molecule has 2 aromatic carbocycles. The number of ether oxygens (including phenoxy) is 1. The van der Waals surface area contributed by atoms with Gasteiger partial charge in [-0.1, -0.05) is 17.7 Å². The third-order valence-electron chi connectivity index (χ3n) is 4.34. The SMILES string of the molecule is COCC(=O)N1CCCc2cc(NC(=O)c3ccc(C)cc3)ccc21. The number of nitrogens with one attached hydrogen (secondary N) is 1. The van der Waals surface area contributed by atoms with Crippen LogP contribution in [0.1, 0.15) is 27.9 Å². The fourth-order valence-corrected chi connectivity index (χ4v) is 3.04. The van der Waals surface area contributed by atoms with Crippen LogP contribution in [0, 0.1) is 6.92 Å². The van der Waals surface area contributed by atoms with Crippen LogP contribution in [0.5, 0.6) is 0 Å². The van der Waals surface area contributed by atoms with Crippen LogP contribution in [0.4, 0.5) is 11.4 Å². The molecule has 1 N–H and O–H groups in total. The van der Waals surface area contributed by atoms with Gasteiger partial charge in [-0.25, -0.2) is 0 Å². The fraction of sp³-hybridized carbons (Fsp3) is 0.300. The van der Waals surface area contributed by atoms with E-state index >= 15 is 0 Å². The number of hydrogen-bond donors (Lipinski definition) is 1. The Balaban J connectivity index is 1.78. The second-order valence-electron chi connectivity index (χ2n) is 6.25. The van der Waals surface area contributed by atoms with Gasteiger partial charge in [0.05, 0.1) is 0 Å². The molecule has 0 bridgehead atoms. The molecule has 5 heteroatoms. The summed E-state index contributed by atoms with van der Waals surface area (Å²) in [5.41, 5.74) is 4.45. The summed E-state index contributed by atoms with van der Waals surface area (Å²) in [5.74, 6) is -0.178. The lowest BCUT2D eigenvalue weighted by Crippen LogP contribution is -2.37. The largest absolute Gasteiger partial charge is 0.375 e. The number of carbonyl (C=O) groups excluding carboxylic acids is 2. The first-order valence-electron chi connectivity index (χ1n) is 8.39. The molecule has 0 atom stereocenters. The van der Waals surface area contributed by atoms with Gasteiger partial charge in [-0.05, 0) is 55.7 Å². The van der Waals surface area contributed by atoms with Crippen molar-refractivity contribution < 1.29 is 14.3 Å². The zero-order chi connectivity index (χ0) is 17.8. The van der Waals surface area contributed by atoms with E-state index in [2.05, 4.69) is 5.32 Å². The van der Waals surface area contributed by atoms with Gasteiger partial charge in [0.15, 0.2) is 0 Å². The number of benzene rings is 2. The van der Waals surface area contributed by atoms with E-state index in [1.165, 1.54) is 7.11 Å². The van der Waals surface area contributed by atoms with Crippen molar-refractivity contribution in [2.24, 2.45) is 0 Å². The van der Waals surface area contributed by atoms with Crippen molar-refractivity contribution in [1.82, 2.24) is 0 Å². The van der Waals surface area contributed by atoms with Gasteiger partial charge in [0.25, 0.3) is 11.8 Å². The normalized spacial score (nSPS) is 13.3. The van der Waals surface area contributed by atoms with Crippen molar-refractivity contribution in [3.05, 3.63) is 59.2 Å². The Morgan fingerprint density at radius 2 is 1.92 bits per heavy atom. The predicted octanol–water partition coefficient (Wildman–Crippen LogP) is 3.17. The Kier molecular flexibility index (Phi) is 5.14. The van der Waals surface area contributed by atoms with E-state index in [0.29, 0.717) is 12.1 Å². The number of amides is 2. The van der Waals surface area contributed by atoms with Gasteiger partial charge >= 0.3 is 0 Å². The van der Waals surface area contributed by atoms with Crippen LogP contribution in [0.15, 0.2) is 42.5 Å². The third-order valence-corrected chi connectivity index (χ3v) is 4.34. The molecule has 0 unspecified atom stereocenters. The molecule has 3 rings (SSSR count). The maximum atomic E-state index is 12.4. The molecule has 0 spiro atoms. The van der Waals surface area contributed by atoms with Gasteiger partial charge in [0.1, 0.15) is 6.61 Å². The highest BCUT2D eigenvalue weighted by Gasteiger charge is 2.22. The number of aryl methyl sites for hydroxylation is 2. The van der Waals surface area contributed by atoms with Gasteiger partial charge in [-0.3, -0.25) is 9.59 Å². The molecule has 1 heterocycles. The van der Waals surface area contributed by atoms with Crippen LogP contribution in [0.3, 0.4) is 0 Å². The summed E-state index contributed by atoms with van der Waals surface area (Å²) in [5, 5.41) is 2.93. The van der Waals surface area contributed by atoms with E-state index < -0.39 is 0 Å². The van der Waals surface area contributed by atoms with E-state index in [4.69, 9.17) is 4.74 Å². The summed E-state index contributed by atoms with van der Waals surface area (Å²) >= 11 is 0. The third kappa shape index (κ3) is 3.88. The molecule has 2 aromatic rings. The maximum Gasteiger partial charge on any atom is 0.255 e. The molecule has 0 radical (unpaired) electrons. The van der Waals surface area contributed by atoms with Gasteiger partial charge in [0.2, 0.25) is 0 Å². The van der Waals surface area contributed by atoms with Gasteiger partial charge in [-0.15, -0.1) is 0 Å². The quantitative estimate of drug-likeness (QED) is 0.931. The number of hydrogen-bond acceptors (Lipinski definition) is 3. The lowest BCUT2D eigenvalue weighted by atomic mass is 10.0. The lowest BCUT2D eigenvalue weighted by Gasteiger charge is -2.29. The molecule has 130 valence electrons. The highest BCUT2D eigenvalue weighted by Crippen LogP contribution is 2.30. The number of rotatable bonds is 4. The van der Waals surface area contributed by atoms with Crippen molar-refractivity contribution in [2.75, 3.05) is 30.5 Å². The number of nitrogens with zero attached hydrogens (tertiary/aromatic N) is 1. The first kappa shape index (κ1) is 17.2. The highest BCUT2D eigenvalue weighted by atomic mass is 16.5. The molecule has 1 aliphatic heterocycles. The molecule has 5 nitrogen and oxygen atoms in total. The molecule has 0 aromatic heterocycles. The average Bonchev–Trinajstić information content (AvgIpc) is 2.61. The minimum absolute atomic E-state index is 0.0418. The number of methoxy groups -OCH3 is 1. The molecule has 25 heavy (non-hydrogen) atoms. The van der Waals surface area contributed by atoms with Crippen molar-refractivity contribution in [3.63, 3.8) is 0 Å². The summed E-state index contributed by atoms with van der Waals surface area (Å²) in [7, 11) is 1.52. The van der Waals surface area contributed by atoms with E-state index in [-0.39, 0.29) is 18.4 Å². The fourth-order valence-electron chi connectivity index (χ4n) is 3.04. The van der Waals surface area contributed by atoms with Crippen LogP contribution in [-0.2, 0) is 16.0 Å². The molecule has 1 aliphatic rings. The Bertz CT molecular complexity index is 784. The van der Waals surface area contributed by atoms with Crippen LogP contribution < -0.4 is 10.2 Å². The molecular formula is C20H22N2O3. The Labute approximate surface area is 147 Å². The first-order valence-corrected chi connectivity index (χ1v) is 8.39. The van der Waals surface area contributed by atoms with Crippen molar-refractivity contribution >= 4 is 23.2 Å². The van der Waals surface area contributed by atoms with Gasteiger partial charge < -0.3 is 15.0 Å². The van der Waals surface area contributed by atoms with Crippen LogP contribution in [0.25, 0.3) is 0 Å². The van der Waals surface area contributed by atoms with Crippen molar-refractivity contribution in [2.45, 2.75) is 19.8 Å². The molecule has 0 saturated carbocycles. The maximum absolute atomic E-state index is 12.4. The number of carbonyl (C=O) groups is 2. The van der Waals surface area contributed by atoms with E-state index in [9.17, 15) is 9.59 Å². The van der Waals surface area contributed by atoms with E-state index in [1.54, 1.807) is 4.90 Å². The molecule has 0 saturated heterocycles. The Hall–Kier alpha value is -2.66. The first-order chi connectivity index (χ1) is 12.1. The summed E-state index contributed by atoms with van der Waals surface area (Å²) in [4.78, 5) is 26.3. The van der Waals surface area contributed by atoms with Crippen LogP contribution in [-0.4, -0.2) is 32.1 Å². The standard InChI is InChI=1S/C20H22N2O3/c1-14-5-7-15(8-6-14)20(24)21-17-9-10-18-16(12-17)4-3-11-22(18)19(23)13-25-2/h5-10,12H,3-4,11,13H2,1-2H3,(H,21,24). The van der Waals surface area contributed by atoms with Gasteiger partial charge in [0, 0.05) is 30.6 Å². The van der Waals surface area contributed by atoms with E-state index in [1.807, 2.05) is 49.4 Å². The van der Waals surface area contributed by atoms with Crippen molar-refractivity contribution in [3.8, 4) is 0 Å². The molecule has 0 fully saturated rings. The zero-order valence-electron chi connectivity index (χ0n) is 14.5. The topological polar surface area (TPSA) is 58.6 Å². The summed E-state index contributed by atoms with van der Waals surface area (Å²) in [6, 6.07) is 13.1. The van der Waals surface area contributed by atoms with Crippen molar-refractivity contribution in [1.29, 1.82) is 0 Å². The number of anilines is 2. The Morgan fingerprint density at radius 3 is 2.64 bits per heavy atom. The molecule has 0 aliphatic carbocycles. The average molecular weight is 338 g/mol. The zero-order valence-corrected chi connectivity index (χ0v) is 14.5. The second kappa shape index (κ2) is 7.49. The highest BCUT2D eigenvalue weighted by molar-refractivity contribution is 6.04. The summed E-state index contributed by atoms with van der Waals surface area (Å²) in [6.07, 6.45) is 1.79. The molecular weight excluding hydrogens is 316 g/mol. The van der Waals surface area contributed by atoms with Gasteiger partial charge in [-0.2, -0.15) is 0 Å². The molecule has 2 amide bonds. The summed E-state index contributed by atoms with van der Waals surface area (Å²) < 4.78 is 4.96. The number of fused-ring (bicyclic) bond motifs is 1. The minimum atomic E-state index is -0.136. The lowest BCUT2D eigenvalue weighted by molar-refractivity contribution is -0.122. The predicted molar refractivity (Wildman–Crippen MR) is 98.1 cm³/mol. The minimum Gasteiger partial charge on any atom is -0.375 e. The monoisotopic (exact) mass is 338 g/mol. The van der Waals surface area contributed by atoms with Crippen LogP contribution in [0.2, 0.25) is 0 Å². The van der Waals surface area contributed by atoms with E-state index in [0.717, 1.165) is 35.3 Å². The second-order valence-corrected chi connectivity index (χ2v) is 6.25. The summed E-state index contributed by atoms with van der Waals surface area (Å²) in [6.45, 7) is 2.76. The smallest absolute Gasteiger partial charge is 0.255 e.